The molecule has 1 aliphatic carbocycles. The molecule has 92 valence electrons. The number of hydrogen-bond donors (Lipinski definition) is 1. The number of rotatable bonds is 4. The fourth-order valence-corrected chi connectivity index (χ4v) is 2.92. The molecule has 0 aromatic rings. The van der Waals surface area contributed by atoms with Crippen molar-refractivity contribution in [1.29, 1.82) is 0 Å². The molecule has 2 rings (SSSR count). The molecule has 1 saturated heterocycles. The molecule has 2 fully saturated rings. The Hall–Kier alpha value is -0.280. The van der Waals surface area contributed by atoms with E-state index in [4.69, 9.17) is 16.3 Å². The maximum Gasteiger partial charge on any atom is 0.222 e. The van der Waals surface area contributed by atoms with E-state index in [1.54, 1.807) is 0 Å². The molecule has 0 aromatic heterocycles. The Labute approximate surface area is 102 Å². The first kappa shape index (κ1) is 12.2. The molecule has 1 amide bonds. The summed E-state index contributed by atoms with van der Waals surface area (Å²) in [4.78, 5) is 11.6. The van der Waals surface area contributed by atoms with Gasteiger partial charge in [0.25, 0.3) is 0 Å². The lowest BCUT2D eigenvalue weighted by Crippen LogP contribution is -2.33. The van der Waals surface area contributed by atoms with Crippen LogP contribution in [0.2, 0.25) is 0 Å². The fraction of sp³-hybridized carbons (Fsp3) is 0.917. The maximum atomic E-state index is 11.6. The Balaban J connectivity index is 1.63. The van der Waals surface area contributed by atoms with Crippen molar-refractivity contribution in [2.75, 3.05) is 13.2 Å². The van der Waals surface area contributed by atoms with Gasteiger partial charge in [0.2, 0.25) is 5.91 Å². The van der Waals surface area contributed by atoms with Crippen LogP contribution < -0.4 is 5.32 Å². The van der Waals surface area contributed by atoms with Crippen LogP contribution >= 0.6 is 11.6 Å². The van der Waals surface area contributed by atoms with Crippen LogP contribution in [-0.4, -0.2) is 30.5 Å². The van der Waals surface area contributed by atoms with Gasteiger partial charge in [-0.25, -0.2) is 0 Å². The van der Waals surface area contributed by atoms with Gasteiger partial charge in [0, 0.05) is 18.5 Å². The van der Waals surface area contributed by atoms with Gasteiger partial charge < -0.3 is 10.1 Å². The fourth-order valence-electron chi connectivity index (χ4n) is 2.55. The molecular formula is C12H20ClNO2. The molecule has 0 bridgehead atoms. The van der Waals surface area contributed by atoms with Crippen molar-refractivity contribution in [3.8, 4) is 0 Å². The summed E-state index contributed by atoms with van der Waals surface area (Å²) in [5.41, 5.74) is 0. The van der Waals surface area contributed by atoms with E-state index >= 15 is 0 Å². The van der Waals surface area contributed by atoms with Crippen LogP contribution in [-0.2, 0) is 9.53 Å². The third kappa shape index (κ3) is 3.36. The highest BCUT2D eigenvalue weighted by Crippen LogP contribution is 2.29. The molecule has 1 aliphatic heterocycles. The van der Waals surface area contributed by atoms with Crippen LogP contribution in [0.15, 0.2) is 0 Å². The van der Waals surface area contributed by atoms with Crippen LogP contribution in [0, 0.1) is 5.92 Å². The molecule has 3 atom stereocenters. The zero-order valence-electron chi connectivity index (χ0n) is 9.58. The second kappa shape index (κ2) is 5.87. The summed E-state index contributed by atoms with van der Waals surface area (Å²) in [5, 5.41) is 3.23. The van der Waals surface area contributed by atoms with Crippen molar-refractivity contribution in [3.63, 3.8) is 0 Å². The Morgan fingerprint density at radius 1 is 1.31 bits per heavy atom. The SMILES string of the molecule is O=C(CC1CCCO1)NCC1CCCC1Cl. The van der Waals surface area contributed by atoms with Crippen molar-refractivity contribution in [1.82, 2.24) is 5.32 Å². The monoisotopic (exact) mass is 245 g/mol. The highest BCUT2D eigenvalue weighted by Gasteiger charge is 2.26. The molecular weight excluding hydrogens is 226 g/mol. The first-order chi connectivity index (χ1) is 7.75. The lowest BCUT2D eigenvalue weighted by atomic mass is 10.1. The van der Waals surface area contributed by atoms with Gasteiger partial charge in [-0.3, -0.25) is 4.79 Å². The highest BCUT2D eigenvalue weighted by atomic mass is 35.5. The minimum atomic E-state index is 0.114. The summed E-state index contributed by atoms with van der Waals surface area (Å²) in [5.74, 6) is 0.581. The predicted molar refractivity (Wildman–Crippen MR) is 63.6 cm³/mol. The predicted octanol–water partition coefficient (Wildman–Crippen LogP) is 2.08. The van der Waals surface area contributed by atoms with E-state index in [9.17, 15) is 4.79 Å². The second-order valence-corrected chi connectivity index (χ2v) is 5.41. The molecule has 0 radical (unpaired) electrons. The molecule has 1 heterocycles. The standard InChI is InChI=1S/C12H20ClNO2/c13-11-5-1-3-9(11)8-14-12(15)7-10-4-2-6-16-10/h9-11H,1-8H2,(H,14,15). The third-order valence-corrected chi connectivity index (χ3v) is 4.14. The molecule has 3 nitrogen and oxygen atoms in total. The molecule has 2 aliphatic rings. The zero-order chi connectivity index (χ0) is 11.4. The zero-order valence-corrected chi connectivity index (χ0v) is 10.3. The number of nitrogens with one attached hydrogen (secondary N) is 1. The molecule has 16 heavy (non-hydrogen) atoms. The number of hydrogen-bond acceptors (Lipinski definition) is 2. The number of carbonyl (C=O) groups excluding carboxylic acids is 1. The van der Waals surface area contributed by atoms with Crippen LogP contribution in [0.5, 0.6) is 0 Å². The maximum absolute atomic E-state index is 11.6. The van der Waals surface area contributed by atoms with Gasteiger partial charge in [0.05, 0.1) is 12.5 Å². The molecule has 1 N–H and O–H groups in total. The van der Waals surface area contributed by atoms with Gasteiger partial charge in [-0.05, 0) is 31.6 Å². The topological polar surface area (TPSA) is 38.3 Å². The van der Waals surface area contributed by atoms with Crippen LogP contribution in [0.1, 0.15) is 38.5 Å². The normalized spacial score (nSPS) is 34.2. The Bertz CT molecular complexity index is 241. The van der Waals surface area contributed by atoms with E-state index in [-0.39, 0.29) is 17.4 Å². The summed E-state index contributed by atoms with van der Waals surface area (Å²) in [7, 11) is 0. The highest BCUT2D eigenvalue weighted by molar-refractivity contribution is 6.20. The van der Waals surface area contributed by atoms with Gasteiger partial charge in [-0.2, -0.15) is 0 Å². The number of ether oxygens (including phenoxy) is 1. The molecule has 3 unspecified atom stereocenters. The summed E-state index contributed by atoms with van der Waals surface area (Å²) >= 11 is 6.16. The average Bonchev–Trinajstić information content (AvgIpc) is 2.87. The number of halogens is 1. The van der Waals surface area contributed by atoms with E-state index < -0.39 is 0 Å². The molecule has 0 aromatic carbocycles. The van der Waals surface area contributed by atoms with Gasteiger partial charge in [-0.1, -0.05) is 6.42 Å². The van der Waals surface area contributed by atoms with Crippen LogP contribution in [0.4, 0.5) is 0 Å². The van der Waals surface area contributed by atoms with E-state index in [1.165, 1.54) is 6.42 Å². The van der Waals surface area contributed by atoms with Crippen LogP contribution in [0.25, 0.3) is 0 Å². The summed E-state index contributed by atoms with van der Waals surface area (Å²) in [6.45, 7) is 1.55. The molecule has 4 heteroatoms. The average molecular weight is 246 g/mol. The van der Waals surface area contributed by atoms with E-state index in [2.05, 4.69) is 5.32 Å². The molecule has 1 saturated carbocycles. The Morgan fingerprint density at radius 3 is 2.81 bits per heavy atom. The van der Waals surface area contributed by atoms with Crippen molar-refractivity contribution >= 4 is 17.5 Å². The summed E-state index contributed by atoms with van der Waals surface area (Å²) in [6, 6.07) is 0. The second-order valence-electron chi connectivity index (χ2n) is 4.85. The van der Waals surface area contributed by atoms with Gasteiger partial charge in [0.1, 0.15) is 0 Å². The van der Waals surface area contributed by atoms with Crippen molar-refractivity contribution in [2.24, 2.45) is 5.92 Å². The van der Waals surface area contributed by atoms with Crippen molar-refractivity contribution in [2.45, 2.75) is 50.0 Å². The largest absolute Gasteiger partial charge is 0.378 e. The molecule has 0 spiro atoms. The van der Waals surface area contributed by atoms with Crippen molar-refractivity contribution in [3.05, 3.63) is 0 Å². The van der Waals surface area contributed by atoms with Crippen molar-refractivity contribution < 1.29 is 9.53 Å². The Morgan fingerprint density at radius 2 is 2.19 bits per heavy atom. The Kier molecular flexibility index (Phi) is 4.47. The minimum Gasteiger partial charge on any atom is -0.378 e. The van der Waals surface area contributed by atoms with Gasteiger partial charge in [0.15, 0.2) is 0 Å². The lowest BCUT2D eigenvalue weighted by Gasteiger charge is -2.15. The van der Waals surface area contributed by atoms with E-state index in [1.807, 2.05) is 0 Å². The lowest BCUT2D eigenvalue weighted by molar-refractivity contribution is -0.123. The smallest absolute Gasteiger partial charge is 0.222 e. The van der Waals surface area contributed by atoms with Crippen LogP contribution in [0.3, 0.4) is 0 Å². The summed E-state index contributed by atoms with van der Waals surface area (Å²) in [6.07, 6.45) is 6.21. The van der Waals surface area contributed by atoms with Gasteiger partial charge >= 0.3 is 0 Å². The van der Waals surface area contributed by atoms with Gasteiger partial charge in [-0.15, -0.1) is 11.6 Å². The minimum absolute atomic E-state index is 0.114. The quantitative estimate of drug-likeness (QED) is 0.771. The number of alkyl halides is 1. The first-order valence-corrected chi connectivity index (χ1v) is 6.71. The third-order valence-electron chi connectivity index (χ3n) is 3.56. The van der Waals surface area contributed by atoms with E-state index in [0.717, 1.165) is 38.8 Å². The number of amides is 1. The number of carbonyl (C=O) groups is 1. The summed E-state index contributed by atoms with van der Waals surface area (Å²) < 4.78 is 5.43. The van der Waals surface area contributed by atoms with E-state index in [0.29, 0.717) is 12.3 Å². The first-order valence-electron chi connectivity index (χ1n) is 6.28.